The van der Waals surface area contributed by atoms with Crippen molar-refractivity contribution in [2.45, 2.75) is 0 Å². The quantitative estimate of drug-likeness (QED) is 0.502. The van der Waals surface area contributed by atoms with Gasteiger partial charge in [0.1, 0.15) is 0 Å². The molecule has 2 heterocycles. The molecule has 0 atom stereocenters. The zero-order chi connectivity index (χ0) is 7.84. The fraction of sp³-hybridized carbons (Fsp3) is 0. The molecule has 0 saturated carbocycles. The zero-order valence-corrected chi connectivity index (χ0v) is 7.88. The first-order valence-electron chi connectivity index (χ1n) is 2.83. The van der Waals surface area contributed by atoms with Gasteiger partial charge < -0.3 is 0 Å². The van der Waals surface area contributed by atoms with E-state index in [2.05, 4.69) is 36.8 Å². The number of imidazole rings is 1. The number of aromatic amines is 1. The van der Waals surface area contributed by atoms with E-state index in [1.807, 2.05) is 0 Å². The second kappa shape index (κ2) is 2.47. The van der Waals surface area contributed by atoms with Gasteiger partial charge in [0.2, 0.25) is 0 Å². The number of fused-ring (bicyclic) bond motifs is 1. The molecule has 0 aliphatic carbocycles. The van der Waals surface area contributed by atoms with Gasteiger partial charge in [-0.05, 0) is 0 Å². The normalized spacial score (nSPS) is 10.7. The van der Waals surface area contributed by atoms with Crippen molar-refractivity contribution in [3.63, 3.8) is 0 Å². The summed E-state index contributed by atoms with van der Waals surface area (Å²) in [4.78, 5) is 14.7. The first kappa shape index (κ1) is 7.07. The van der Waals surface area contributed by atoms with E-state index in [0.29, 0.717) is 20.9 Å². The number of halogens is 1. The third-order valence-corrected chi connectivity index (χ3v) is 1.92. The summed E-state index contributed by atoms with van der Waals surface area (Å²) >= 11 is 7.99. The molecule has 54 valence electrons. The minimum absolute atomic E-state index is 0.406. The van der Waals surface area contributed by atoms with Gasteiger partial charge in [0.25, 0.3) is 0 Å². The van der Waals surface area contributed by atoms with Gasteiger partial charge in [0.05, 0.1) is 0 Å². The topological polar surface area (TPSA) is 54.5 Å². The first-order valence-corrected chi connectivity index (χ1v) is 4.14. The summed E-state index contributed by atoms with van der Waals surface area (Å²) in [5, 5.41) is 0.406. The average molecular weight is 228 g/mol. The van der Waals surface area contributed by atoms with Gasteiger partial charge >= 0.3 is 75.6 Å². The number of nitrogens with zero attached hydrogens (tertiary/aromatic N) is 3. The van der Waals surface area contributed by atoms with E-state index in [9.17, 15) is 0 Å². The summed E-state index contributed by atoms with van der Waals surface area (Å²) in [5.41, 5.74) is 1.28. The van der Waals surface area contributed by atoms with E-state index in [-0.39, 0.29) is 0 Å². The Bertz CT molecular complexity index is 398. The van der Waals surface area contributed by atoms with Crippen molar-refractivity contribution in [3.8, 4) is 0 Å². The van der Waals surface area contributed by atoms with Crippen molar-refractivity contribution in [2.75, 3.05) is 0 Å². The second-order valence-electron chi connectivity index (χ2n) is 1.92. The fourth-order valence-electron chi connectivity index (χ4n) is 0.787. The summed E-state index contributed by atoms with van der Waals surface area (Å²) in [6.45, 7) is 0. The van der Waals surface area contributed by atoms with Crippen LogP contribution in [0.15, 0.2) is 6.33 Å². The second-order valence-corrected chi connectivity index (χ2v) is 3.11. The van der Waals surface area contributed by atoms with E-state index in [1.165, 1.54) is 6.33 Å². The summed E-state index contributed by atoms with van der Waals surface area (Å²) < 4.78 is 0.571. The van der Waals surface area contributed by atoms with Crippen LogP contribution < -0.4 is 4.61 Å². The monoisotopic (exact) mass is 228 g/mol. The third-order valence-electron chi connectivity index (χ3n) is 1.23. The van der Waals surface area contributed by atoms with E-state index < -0.39 is 0 Å². The molecule has 4 nitrogen and oxygen atoms in total. The Balaban J connectivity index is 2.91. The van der Waals surface area contributed by atoms with Crippen molar-refractivity contribution < 1.29 is 0 Å². The zero-order valence-electron chi connectivity index (χ0n) is 5.24. The van der Waals surface area contributed by atoms with Crippen LogP contribution in [0.2, 0.25) is 5.15 Å². The van der Waals surface area contributed by atoms with Crippen molar-refractivity contribution in [3.05, 3.63) is 11.5 Å². The number of hydrogen-bond donors (Lipinski definition) is 1. The maximum atomic E-state index is 5.77. The Labute approximate surface area is 75.9 Å². The molecule has 0 unspecified atom stereocenters. The van der Waals surface area contributed by atoms with Crippen molar-refractivity contribution >= 4 is 44.2 Å². The van der Waals surface area contributed by atoms with Crippen LogP contribution >= 0.6 is 11.6 Å². The summed E-state index contributed by atoms with van der Waals surface area (Å²) in [5.74, 6) is 0. The number of nitrogens with one attached hydrogen (secondary N) is 1. The number of rotatable bonds is 0. The summed E-state index contributed by atoms with van der Waals surface area (Å²) in [6, 6.07) is 0. The Hall–Kier alpha value is -0.602. The average Bonchev–Trinajstić information content (AvgIpc) is 2.34. The van der Waals surface area contributed by atoms with Crippen molar-refractivity contribution in [1.29, 1.82) is 0 Å². The van der Waals surface area contributed by atoms with Gasteiger partial charge in [-0.1, -0.05) is 0 Å². The molecule has 0 spiro atoms. The fourth-order valence-corrected chi connectivity index (χ4v) is 1.54. The van der Waals surface area contributed by atoms with Crippen LogP contribution in [0.3, 0.4) is 0 Å². The van der Waals surface area contributed by atoms with Crippen molar-refractivity contribution in [1.82, 2.24) is 19.9 Å². The predicted molar refractivity (Wildman–Crippen MR) is 42.1 cm³/mol. The molecule has 6 heteroatoms. The van der Waals surface area contributed by atoms with Crippen LogP contribution in [0.4, 0.5) is 0 Å². The van der Waals surface area contributed by atoms with E-state index in [0.717, 1.165) is 0 Å². The Morgan fingerprint density at radius 1 is 1.45 bits per heavy atom. The summed E-state index contributed by atoms with van der Waals surface area (Å²) in [6.07, 6.45) is 1.54. The molecule has 0 fully saturated rings. The SMILES string of the molecule is Clc1nc([As])nc2nc[nH]c12. The molecule has 2 rings (SSSR count). The van der Waals surface area contributed by atoms with Crippen LogP contribution in [0, 0.1) is 0 Å². The van der Waals surface area contributed by atoms with Crippen molar-refractivity contribution in [2.24, 2.45) is 0 Å². The van der Waals surface area contributed by atoms with Crippen LogP contribution in [0.5, 0.6) is 0 Å². The van der Waals surface area contributed by atoms with Crippen LogP contribution in [-0.4, -0.2) is 36.8 Å². The van der Waals surface area contributed by atoms with Crippen LogP contribution in [0.1, 0.15) is 0 Å². The molecule has 2 aromatic rings. The molecule has 2 aromatic heterocycles. The van der Waals surface area contributed by atoms with Gasteiger partial charge in [0.15, 0.2) is 0 Å². The van der Waals surface area contributed by atoms with Gasteiger partial charge in [-0.3, -0.25) is 0 Å². The molecule has 0 aromatic carbocycles. The van der Waals surface area contributed by atoms with Gasteiger partial charge in [-0.25, -0.2) is 0 Å². The third kappa shape index (κ3) is 1.12. The molecule has 2 radical (unpaired) electrons. The standard InChI is InChI=1S/C5H2AsClN4/c6-5-10-3(7)2-4(11-5)9-1-8-2/h1H,(H,8,9,10,11). The van der Waals surface area contributed by atoms with Crippen LogP contribution in [0.25, 0.3) is 11.2 Å². The molecule has 11 heavy (non-hydrogen) atoms. The molecule has 0 aliphatic rings. The molecular formula is C5H2AsClN4. The van der Waals surface area contributed by atoms with E-state index >= 15 is 0 Å². The van der Waals surface area contributed by atoms with E-state index in [4.69, 9.17) is 11.6 Å². The predicted octanol–water partition coefficient (Wildman–Crippen LogP) is -0.200. The first-order chi connectivity index (χ1) is 5.27. The summed E-state index contributed by atoms with van der Waals surface area (Å²) in [7, 11) is 0. The maximum absolute atomic E-state index is 5.77. The molecule has 1 N–H and O–H groups in total. The molecule has 0 aliphatic heterocycles. The Morgan fingerprint density at radius 2 is 2.27 bits per heavy atom. The Morgan fingerprint density at radius 3 is 3.09 bits per heavy atom. The van der Waals surface area contributed by atoms with Gasteiger partial charge in [0, 0.05) is 0 Å². The Kier molecular flexibility index (Phi) is 1.58. The number of aromatic nitrogens is 4. The number of hydrogen-bond acceptors (Lipinski definition) is 3. The van der Waals surface area contributed by atoms with Gasteiger partial charge in [-0.15, -0.1) is 0 Å². The minimum atomic E-state index is 0.406. The molecular weight excluding hydrogens is 226 g/mol. The van der Waals surface area contributed by atoms with E-state index in [1.54, 1.807) is 0 Å². The molecule has 0 saturated heterocycles. The molecule has 0 bridgehead atoms. The van der Waals surface area contributed by atoms with Gasteiger partial charge in [-0.2, -0.15) is 0 Å². The van der Waals surface area contributed by atoms with Crippen LogP contribution in [-0.2, 0) is 0 Å². The number of H-pyrrole nitrogens is 1. The molecule has 0 amide bonds.